The van der Waals surface area contributed by atoms with Gasteiger partial charge in [0.2, 0.25) is 0 Å². The van der Waals surface area contributed by atoms with E-state index in [4.69, 9.17) is 5.73 Å². The summed E-state index contributed by atoms with van der Waals surface area (Å²) in [5.74, 6) is 0.607. The minimum absolute atomic E-state index is 0.607. The van der Waals surface area contributed by atoms with Crippen molar-refractivity contribution in [2.24, 2.45) is 11.7 Å². The maximum absolute atomic E-state index is 5.73. The molecule has 0 saturated heterocycles. The van der Waals surface area contributed by atoms with Gasteiger partial charge in [0.05, 0.1) is 0 Å². The Labute approximate surface area is 68.2 Å². The van der Waals surface area contributed by atoms with E-state index in [0.717, 1.165) is 18.8 Å². The number of nitrogens with one attached hydrogen (secondary N) is 1. The Morgan fingerprint density at radius 3 is 2.64 bits per heavy atom. The van der Waals surface area contributed by atoms with Crippen LogP contribution in [0.3, 0.4) is 0 Å². The zero-order valence-electron chi connectivity index (χ0n) is 7.22. The van der Waals surface area contributed by atoms with Gasteiger partial charge in [-0.2, -0.15) is 0 Å². The Morgan fingerprint density at radius 2 is 2.18 bits per heavy atom. The summed E-state index contributed by atoms with van der Waals surface area (Å²) in [6.45, 7) is 6.10. The van der Waals surface area contributed by atoms with E-state index in [0.29, 0.717) is 5.92 Å². The quantitative estimate of drug-likeness (QED) is 0.620. The summed E-state index contributed by atoms with van der Waals surface area (Å²) >= 11 is 0. The highest BCUT2D eigenvalue weighted by atomic mass is 14.9. The molecule has 2 heteroatoms. The lowest BCUT2D eigenvalue weighted by atomic mass is 10.1. The van der Waals surface area contributed by atoms with Crippen LogP contribution < -0.4 is 11.1 Å². The van der Waals surface area contributed by atoms with Gasteiger partial charge < -0.3 is 11.1 Å². The fraction of sp³-hybridized carbons (Fsp3) is 0.556. The molecule has 0 atom stereocenters. The van der Waals surface area contributed by atoms with E-state index in [-0.39, 0.29) is 0 Å². The van der Waals surface area contributed by atoms with E-state index >= 15 is 0 Å². The smallest absolute Gasteiger partial charge is 0.0358 e. The number of rotatable bonds is 2. The van der Waals surface area contributed by atoms with Gasteiger partial charge in [-0.15, -0.1) is 0 Å². The molecule has 1 aliphatic rings. The Hall–Kier alpha value is -0.760. The SMILES string of the molecule is CC(C)/C=C\C1=C(N)CNC1. The van der Waals surface area contributed by atoms with E-state index in [1.807, 2.05) is 0 Å². The van der Waals surface area contributed by atoms with Crippen LogP contribution in [0, 0.1) is 5.92 Å². The van der Waals surface area contributed by atoms with Crippen LogP contribution in [0.1, 0.15) is 13.8 Å². The first-order chi connectivity index (χ1) is 5.20. The molecule has 0 amide bonds. The fourth-order valence-electron chi connectivity index (χ4n) is 1.03. The maximum Gasteiger partial charge on any atom is 0.0358 e. The van der Waals surface area contributed by atoms with E-state index in [2.05, 4.69) is 31.3 Å². The van der Waals surface area contributed by atoms with Crippen LogP contribution in [0.25, 0.3) is 0 Å². The van der Waals surface area contributed by atoms with Crippen molar-refractivity contribution in [3.63, 3.8) is 0 Å². The lowest BCUT2D eigenvalue weighted by Crippen LogP contribution is -2.11. The van der Waals surface area contributed by atoms with E-state index in [9.17, 15) is 0 Å². The first-order valence-corrected chi connectivity index (χ1v) is 4.06. The Morgan fingerprint density at radius 1 is 1.45 bits per heavy atom. The van der Waals surface area contributed by atoms with Crippen LogP contribution >= 0.6 is 0 Å². The first-order valence-electron chi connectivity index (χ1n) is 4.06. The van der Waals surface area contributed by atoms with Crippen molar-refractivity contribution in [3.05, 3.63) is 23.4 Å². The van der Waals surface area contributed by atoms with Crippen molar-refractivity contribution in [2.45, 2.75) is 13.8 Å². The third kappa shape index (κ3) is 2.39. The van der Waals surface area contributed by atoms with Gasteiger partial charge in [-0.1, -0.05) is 26.0 Å². The lowest BCUT2D eigenvalue weighted by Gasteiger charge is -1.96. The molecule has 0 bridgehead atoms. The van der Waals surface area contributed by atoms with E-state index in [1.165, 1.54) is 5.57 Å². The van der Waals surface area contributed by atoms with Crippen LogP contribution in [0.5, 0.6) is 0 Å². The van der Waals surface area contributed by atoms with Gasteiger partial charge in [0.1, 0.15) is 0 Å². The van der Waals surface area contributed by atoms with Crippen molar-refractivity contribution in [1.82, 2.24) is 5.32 Å². The molecule has 0 fully saturated rings. The summed E-state index contributed by atoms with van der Waals surface area (Å²) < 4.78 is 0. The van der Waals surface area contributed by atoms with Gasteiger partial charge in [0, 0.05) is 18.8 Å². The normalized spacial score (nSPS) is 19.2. The third-order valence-electron chi connectivity index (χ3n) is 1.73. The van der Waals surface area contributed by atoms with Crippen molar-refractivity contribution in [1.29, 1.82) is 0 Å². The number of hydrogen-bond acceptors (Lipinski definition) is 2. The van der Waals surface area contributed by atoms with Crippen molar-refractivity contribution >= 4 is 0 Å². The minimum atomic E-state index is 0.607. The molecule has 0 unspecified atom stereocenters. The van der Waals surface area contributed by atoms with Crippen LogP contribution in [0.15, 0.2) is 23.4 Å². The third-order valence-corrected chi connectivity index (χ3v) is 1.73. The highest BCUT2D eigenvalue weighted by Crippen LogP contribution is 2.07. The highest BCUT2D eigenvalue weighted by molar-refractivity contribution is 5.30. The molecule has 0 aromatic rings. The summed E-state index contributed by atoms with van der Waals surface area (Å²) in [7, 11) is 0. The molecule has 62 valence electrons. The first kappa shape index (κ1) is 8.34. The van der Waals surface area contributed by atoms with Crippen LogP contribution in [0.2, 0.25) is 0 Å². The molecule has 0 aromatic heterocycles. The molecule has 1 aliphatic heterocycles. The number of nitrogens with two attached hydrogens (primary N) is 1. The topological polar surface area (TPSA) is 38.0 Å². The average Bonchev–Trinajstić information content (AvgIpc) is 2.31. The van der Waals surface area contributed by atoms with Crippen LogP contribution in [0.4, 0.5) is 0 Å². The number of hydrogen-bond donors (Lipinski definition) is 2. The molecule has 0 aromatic carbocycles. The molecule has 0 saturated carbocycles. The summed E-state index contributed by atoms with van der Waals surface area (Å²) in [4.78, 5) is 0. The standard InChI is InChI=1S/C9H16N2/c1-7(2)3-4-8-5-11-6-9(8)10/h3-4,7,11H,5-6,10H2,1-2H3/b4-3-. The molecule has 11 heavy (non-hydrogen) atoms. The van der Waals surface area contributed by atoms with E-state index < -0.39 is 0 Å². The predicted octanol–water partition coefficient (Wildman–Crippen LogP) is 1.01. The van der Waals surface area contributed by atoms with Gasteiger partial charge >= 0.3 is 0 Å². The molecule has 3 N–H and O–H groups in total. The Bertz CT molecular complexity index is 190. The molecular weight excluding hydrogens is 136 g/mol. The lowest BCUT2D eigenvalue weighted by molar-refractivity contribution is 0.828. The summed E-state index contributed by atoms with van der Waals surface area (Å²) in [5, 5.41) is 3.20. The summed E-state index contributed by atoms with van der Waals surface area (Å²) in [6, 6.07) is 0. The van der Waals surface area contributed by atoms with Crippen LogP contribution in [-0.4, -0.2) is 13.1 Å². The van der Waals surface area contributed by atoms with Crippen LogP contribution in [-0.2, 0) is 0 Å². The zero-order valence-corrected chi connectivity index (χ0v) is 7.22. The van der Waals surface area contributed by atoms with Crippen molar-refractivity contribution in [2.75, 3.05) is 13.1 Å². The molecule has 2 nitrogen and oxygen atoms in total. The average molecular weight is 152 g/mol. The van der Waals surface area contributed by atoms with Gasteiger partial charge in [0.15, 0.2) is 0 Å². The second-order valence-corrected chi connectivity index (χ2v) is 3.26. The van der Waals surface area contributed by atoms with Gasteiger partial charge in [0.25, 0.3) is 0 Å². The second kappa shape index (κ2) is 3.58. The van der Waals surface area contributed by atoms with Crippen molar-refractivity contribution < 1.29 is 0 Å². The zero-order chi connectivity index (χ0) is 8.27. The predicted molar refractivity (Wildman–Crippen MR) is 48.1 cm³/mol. The van der Waals surface area contributed by atoms with E-state index in [1.54, 1.807) is 0 Å². The molecule has 1 heterocycles. The monoisotopic (exact) mass is 152 g/mol. The molecular formula is C9H16N2. The highest BCUT2D eigenvalue weighted by Gasteiger charge is 2.06. The number of allylic oxidation sites excluding steroid dienone is 1. The molecule has 0 aliphatic carbocycles. The second-order valence-electron chi connectivity index (χ2n) is 3.26. The molecule has 0 radical (unpaired) electrons. The van der Waals surface area contributed by atoms with Gasteiger partial charge in [-0.05, 0) is 11.5 Å². The van der Waals surface area contributed by atoms with Gasteiger partial charge in [-0.3, -0.25) is 0 Å². The molecule has 1 rings (SSSR count). The maximum atomic E-state index is 5.73. The summed E-state index contributed by atoms with van der Waals surface area (Å²) in [5.41, 5.74) is 7.97. The van der Waals surface area contributed by atoms with Crippen molar-refractivity contribution in [3.8, 4) is 0 Å². The minimum Gasteiger partial charge on any atom is -0.401 e. The Kier molecular flexibility index (Phi) is 2.71. The fourth-order valence-corrected chi connectivity index (χ4v) is 1.03. The largest absolute Gasteiger partial charge is 0.401 e. The van der Waals surface area contributed by atoms with Gasteiger partial charge in [-0.25, -0.2) is 0 Å². The molecule has 0 spiro atoms. The summed E-state index contributed by atoms with van der Waals surface area (Å²) in [6.07, 6.45) is 4.30. The Balaban J connectivity index is 2.54.